The Kier molecular flexibility index (Phi) is 9.44. The molecule has 8 rings (SSSR count). The van der Waals surface area contributed by atoms with Crippen molar-refractivity contribution in [2.45, 2.75) is 12.5 Å². The minimum atomic E-state index is -3.89. The number of fused-ring (bicyclic) bond motifs is 3. The number of amides is 1. The van der Waals surface area contributed by atoms with Crippen LogP contribution in [0.4, 0.5) is 17.3 Å². The maximum Gasteiger partial charge on any atom is 0.265 e. The van der Waals surface area contributed by atoms with E-state index in [-0.39, 0.29) is 5.91 Å². The first-order chi connectivity index (χ1) is 24.2. The molecule has 0 bridgehead atoms. The van der Waals surface area contributed by atoms with Crippen LogP contribution in [0.5, 0.6) is 0 Å². The highest BCUT2D eigenvalue weighted by atomic mass is 35.5. The lowest BCUT2D eigenvalue weighted by atomic mass is 10.0. The van der Waals surface area contributed by atoms with Gasteiger partial charge in [0, 0.05) is 93.4 Å². The molecule has 2 aromatic heterocycles. The second-order valence-corrected chi connectivity index (χ2v) is 16.7. The van der Waals surface area contributed by atoms with Crippen molar-refractivity contribution in [2.75, 3.05) is 92.9 Å². The quantitative estimate of drug-likeness (QED) is 0.179. The molecule has 50 heavy (non-hydrogen) atoms. The van der Waals surface area contributed by atoms with Crippen molar-refractivity contribution < 1.29 is 17.4 Å². The first kappa shape index (κ1) is 33.8. The van der Waals surface area contributed by atoms with Gasteiger partial charge in [-0.05, 0) is 71.4 Å². The number of hydrogen-bond donors (Lipinski definition) is 0. The number of rotatable bonds is 10. The SMILES string of the molecule is CS(=O)(=O)OC1C(=O)N(CCN2CCN(c3nsc4ccccc34)CC2)c2cc(Cl)c(CCN3CCN(c4nsc5ccccc45)CC3)cc21. The number of carbonyl (C=O) groups excluding carboxylic acids is 1. The molecule has 0 saturated carbocycles. The number of nitrogens with zero attached hydrogens (tertiary/aromatic N) is 7. The topological polar surface area (TPSA) is 102 Å². The third-order valence-electron chi connectivity index (χ3n) is 9.93. The second kappa shape index (κ2) is 14.0. The Balaban J connectivity index is 0.910. The lowest BCUT2D eigenvalue weighted by Gasteiger charge is -2.35. The van der Waals surface area contributed by atoms with Gasteiger partial charge in [0.05, 0.1) is 21.3 Å². The zero-order chi connectivity index (χ0) is 34.4. The average molecular weight is 752 g/mol. The van der Waals surface area contributed by atoms with Gasteiger partial charge >= 0.3 is 0 Å². The minimum Gasteiger partial charge on any atom is -0.353 e. The molecular formula is C35H38ClN7O4S3. The molecule has 5 aromatic rings. The lowest BCUT2D eigenvalue weighted by Crippen LogP contribution is -2.49. The van der Waals surface area contributed by atoms with Gasteiger partial charge in [-0.2, -0.15) is 17.2 Å². The first-order valence-corrected chi connectivity index (χ1v) is 20.6. The molecule has 0 N–H and O–H groups in total. The zero-order valence-electron chi connectivity index (χ0n) is 27.7. The standard InChI is InChI=1S/C35H38ClN7O4S3/c1-50(45,46)47-32-27-22-24(10-11-39-12-17-41(18-13-39)33-25-6-2-4-8-30(25)48-37-33)28(36)23-29(27)43(35(32)44)21-16-40-14-19-42(20-15-40)34-26-7-3-5-9-31(26)49-38-34/h2-9,22-23,32H,10-21H2,1H3. The summed E-state index contributed by atoms with van der Waals surface area (Å²) >= 11 is 9.93. The van der Waals surface area contributed by atoms with Crippen molar-refractivity contribution in [3.63, 3.8) is 0 Å². The van der Waals surface area contributed by atoms with Gasteiger partial charge in [0.1, 0.15) is 11.6 Å². The lowest BCUT2D eigenvalue weighted by molar-refractivity contribution is -0.124. The molecule has 1 atom stereocenters. The number of anilines is 3. The molecule has 1 unspecified atom stereocenters. The fraction of sp³-hybridized carbons (Fsp3) is 0.400. The van der Waals surface area contributed by atoms with Crippen LogP contribution >= 0.6 is 34.7 Å². The number of hydrogen-bond acceptors (Lipinski definition) is 12. The van der Waals surface area contributed by atoms with Crippen LogP contribution in [0.15, 0.2) is 60.7 Å². The van der Waals surface area contributed by atoms with E-state index < -0.39 is 16.2 Å². The summed E-state index contributed by atoms with van der Waals surface area (Å²) < 4.78 is 41.8. The van der Waals surface area contributed by atoms with Crippen molar-refractivity contribution in [2.24, 2.45) is 0 Å². The summed E-state index contributed by atoms with van der Waals surface area (Å²) in [4.78, 5) is 24.8. The van der Waals surface area contributed by atoms with E-state index >= 15 is 0 Å². The van der Waals surface area contributed by atoms with E-state index in [4.69, 9.17) is 24.5 Å². The molecule has 3 aromatic carbocycles. The van der Waals surface area contributed by atoms with E-state index in [9.17, 15) is 13.2 Å². The van der Waals surface area contributed by atoms with Crippen LogP contribution in [0, 0.1) is 0 Å². The van der Waals surface area contributed by atoms with Crippen LogP contribution in [0.3, 0.4) is 0 Å². The average Bonchev–Trinajstić information content (AvgIpc) is 3.81. The van der Waals surface area contributed by atoms with Gasteiger partial charge in [-0.15, -0.1) is 0 Å². The first-order valence-electron chi connectivity index (χ1n) is 16.9. The fourth-order valence-corrected chi connectivity index (χ4v) is 9.62. The van der Waals surface area contributed by atoms with E-state index in [1.54, 1.807) is 4.90 Å². The maximum atomic E-state index is 13.7. The van der Waals surface area contributed by atoms with Crippen LogP contribution in [0.25, 0.3) is 20.2 Å². The van der Waals surface area contributed by atoms with Crippen molar-refractivity contribution in [3.05, 3.63) is 76.8 Å². The maximum absolute atomic E-state index is 13.7. The molecule has 0 spiro atoms. The molecular weight excluding hydrogens is 714 g/mol. The van der Waals surface area contributed by atoms with Crippen LogP contribution in [-0.2, 0) is 25.5 Å². The fourth-order valence-electron chi connectivity index (χ4n) is 7.24. The van der Waals surface area contributed by atoms with Crippen molar-refractivity contribution in [1.29, 1.82) is 0 Å². The van der Waals surface area contributed by atoms with Crippen molar-refractivity contribution in [3.8, 4) is 0 Å². The Morgan fingerprint density at radius 1 is 0.780 bits per heavy atom. The van der Waals surface area contributed by atoms with E-state index in [2.05, 4.69) is 49.9 Å². The summed E-state index contributed by atoms with van der Waals surface area (Å²) in [6, 6.07) is 20.3. The predicted octanol–water partition coefficient (Wildman–Crippen LogP) is 5.11. The van der Waals surface area contributed by atoms with E-state index in [1.807, 2.05) is 30.3 Å². The Labute approximate surface area is 305 Å². The summed E-state index contributed by atoms with van der Waals surface area (Å²) in [7, 11) is -3.89. The minimum absolute atomic E-state index is 0.378. The van der Waals surface area contributed by atoms with Gasteiger partial charge in [-0.1, -0.05) is 35.9 Å². The number of aromatic nitrogens is 2. The summed E-state index contributed by atoms with van der Waals surface area (Å²) in [5.41, 5.74) is 2.05. The van der Waals surface area contributed by atoms with Crippen molar-refractivity contribution in [1.82, 2.24) is 18.5 Å². The smallest absolute Gasteiger partial charge is 0.265 e. The predicted molar refractivity (Wildman–Crippen MR) is 203 cm³/mol. The molecule has 3 aliphatic rings. The molecule has 2 fully saturated rings. The molecule has 5 heterocycles. The third kappa shape index (κ3) is 6.82. The molecule has 15 heteroatoms. The molecule has 262 valence electrons. The number of halogens is 1. The Bertz CT molecular complexity index is 2140. The summed E-state index contributed by atoms with van der Waals surface area (Å²) in [5, 5.41) is 2.95. The van der Waals surface area contributed by atoms with Gasteiger partial charge in [0.15, 0.2) is 6.10 Å². The second-order valence-electron chi connectivity index (χ2n) is 13.1. The normalized spacial score (nSPS) is 19.3. The van der Waals surface area contributed by atoms with Crippen LogP contribution in [-0.4, -0.2) is 111 Å². The molecule has 11 nitrogen and oxygen atoms in total. The summed E-state index contributed by atoms with van der Waals surface area (Å²) in [5.74, 6) is 1.72. The Morgan fingerprint density at radius 3 is 1.88 bits per heavy atom. The largest absolute Gasteiger partial charge is 0.353 e. The third-order valence-corrected chi connectivity index (χ3v) is 12.5. The highest BCUT2D eigenvalue weighted by Crippen LogP contribution is 2.42. The van der Waals surface area contributed by atoms with Crippen LogP contribution in [0.1, 0.15) is 17.2 Å². The molecule has 2 saturated heterocycles. The molecule has 3 aliphatic heterocycles. The van der Waals surface area contributed by atoms with Crippen LogP contribution in [0.2, 0.25) is 5.02 Å². The molecule has 0 radical (unpaired) electrons. The van der Waals surface area contributed by atoms with Crippen LogP contribution < -0.4 is 14.7 Å². The molecule has 0 aliphatic carbocycles. The van der Waals surface area contributed by atoms with Gasteiger partial charge in [-0.3, -0.25) is 18.8 Å². The zero-order valence-corrected chi connectivity index (χ0v) is 30.9. The van der Waals surface area contributed by atoms with Gasteiger partial charge in [-0.25, -0.2) is 0 Å². The number of piperazine rings is 2. The summed E-state index contributed by atoms with van der Waals surface area (Å²) in [6.45, 7) is 8.75. The summed E-state index contributed by atoms with van der Waals surface area (Å²) in [6.07, 6.45) is 0.435. The van der Waals surface area contributed by atoms with Gasteiger partial charge < -0.3 is 14.7 Å². The molecule has 1 amide bonds. The van der Waals surface area contributed by atoms with E-state index in [1.165, 1.54) is 43.2 Å². The number of carbonyl (C=O) groups is 1. The van der Waals surface area contributed by atoms with Crippen molar-refractivity contribution >= 4 is 88.2 Å². The monoisotopic (exact) mass is 751 g/mol. The van der Waals surface area contributed by atoms with Gasteiger partial charge in [0.2, 0.25) is 0 Å². The van der Waals surface area contributed by atoms with E-state index in [0.29, 0.717) is 35.8 Å². The van der Waals surface area contributed by atoms with E-state index in [0.717, 1.165) is 82.4 Å². The number of benzene rings is 3. The Hall–Kier alpha value is -3.37. The van der Waals surface area contributed by atoms with Gasteiger partial charge in [0.25, 0.3) is 16.0 Å². The highest BCUT2D eigenvalue weighted by Gasteiger charge is 2.41. The highest BCUT2D eigenvalue weighted by molar-refractivity contribution is 7.86. The Morgan fingerprint density at radius 2 is 1.32 bits per heavy atom.